The van der Waals surface area contributed by atoms with Crippen LogP contribution in [-0.4, -0.2) is 36.0 Å². The van der Waals surface area contributed by atoms with Gasteiger partial charge in [-0.3, -0.25) is 4.79 Å². The maximum atomic E-state index is 13.4. The smallest absolute Gasteiger partial charge is 0.341 e. The minimum atomic E-state index is -0.359. The number of esters is 1. The van der Waals surface area contributed by atoms with Crippen molar-refractivity contribution in [1.29, 1.82) is 0 Å². The fourth-order valence-corrected chi connectivity index (χ4v) is 7.26. The number of fused-ring (bicyclic) bond motifs is 1. The maximum Gasteiger partial charge on any atom is 0.341 e. The standard InChI is InChI=1S/C30H35N3O4S3/c1-5-24(27(34)33-28-26(29(35)37-6-2)21-15-14-18(3)16-25(21)40-28)39-20-11-9-10-19(17-20)31-30(38)32-22-12-7-8-13-23(22)36-4/h7-13,17-18,24H,5-6,14-16H2,1-4H3,(H,33,34)(H2,31,32,38). The molecule has 0 spiro atoms. The molecule has 2 atom stereocenters. The van der Waals surface area contributed by atoms with Gasteiger partial charge in [0.2, 0.25) is 5.91 Å². The highest BCUT2D eigenvalue weighted by molar-refractivity contribution is 8.00. The van der Waals surface area contributed by atoms with Crippen LogP contribution in [0.2, 0.25) is 0 Å². The van der Waals surface area contributed by atoms with E-state index in [2.05, 4.69) is 22.9 Å². The van der Waals surface area contributed by atoms with Crippen molar-refractivity contribution in [2.24, 2.45) is 5.92 Å². The third-order valence-electron chi connectivity index (χ3n) is 6.62. The van der Waals surface area contributed by atoms with Crippen molar-refractivity contribution in [3.8, 4) is 5.75 Å². The highest BCUT2D eigenvalue weighted by atomic mass is 32.2. The molecule has 0 bridgehead atoms. The number of thioether (sulfide) groups is 1. The lowest BCUT2D eigenvalue weighted by molar-refractivity contribution is -0.115. The van der Waals surface area contributed by atoms with Crippen LogP contribution in [0.5, 0.6) is 5.75 Å². The van der Waals surface area contributed by atoms with Crippen LogP contribution in [0, 0.1) is 5.92 Å². The number of thiocarbonyl (C=S) groups is 1. The van der Waals surface area contributed by atoms with E-state index in [-0.39, 0.29) is 17.1 Å². The van der Waals surface area contributed by atoms with Gasteiger partial charge in [0.15, 0.2) is 5.11 Å². The molecule has 7 nitrogen and oxygen atoms in total. The Kier molecular flexibility index (Phi) is 10.5. The average molecular weight is 598 g/mol. The summed E-state index contributed by atoms with van der Waals surface area (Å²) in [5, 5.41) is 10.1. The van der Waals surface area contributed by atoms with Crippen LogP contribution >= 0.6 is 35.3 Å². The molecule has 1 amide bonds. The highest BCUT2D eigenvalue weighted by Gasteiger charge is 2.30. The fraction of sp³-hybridized carbons (Fsp3) is 0.367. The van der Waals surface area contributed by atoms with Crippen LogP contribution in [0.4, 0.5) is 16.4 Å². The summed E-state index contributed by atoms with van der Waals surface area (Å²) in [5.41, 5.74) is 3.14. The van der Waals surface area contributed by atoms with Crippen molar-refractivity contribution >= 4 is 68.7 Å². The fourth-order valence-electron chi connectivity index (χ4n) is 4.62. The van der Waals surface area contributed by atoms with E-state index < -0.39 is 0 Å². The quantitative estimate of drug-likeness (QED) is 0.127. The number of thiophene rings is 1. The lowest BCUT2D eigenvalue weighted by Gasteiger charge is -2.18. The number of carbonyl (C=O) groups excluding carboxylic acids is 2. The Balaban J connectivity index is 1.45. The topological polar surface area (TPSA) is 88.7 Å². The van der Waals surface area contributed by atoms with Gasteiger partial charge >= 0.3 is 5.97 Å². The van der Waals surface area contributed by atoms with Crippen LogP contribution in [0.3, 0.4) is 0 Å². The average Bonchev–Trinajstić information content (AvgIpc) is 3.29. The molecule has 40 heavy (non-hydrogen) atoms. The number of amides is 1. The Morgan fingerprint density at radius 1 is 1.12 bits per heavy atom. The molecule has 1 aliphatic carbocycles. The van der Waals surface area contributed by atoms with E-state index in [0.717, 1.165) is 41.1 Å². The van der Waals surface area contributed by atoms with Gasteiger partial charge in [-0.05, 0) is 86.6 Å². The number of methoxy groups -OCH3 is 1. The summed E-state index contributed by atoms with van der Waals surface area (Å²) >= 11 is 8.50. The van der Waals surface area contributed by atoms with Gasteiger partial charge in [0.1, 0.15) is 10.8 Å². The summed E-state index contributed by atoms with van der Waals surface area (Å²) in [6, 6.07) is 15.3. The van der Waals surface area contributed by atoms with Crippen molar-refractivity contribution < 1.29 is 19.1 Å². The second kappa shape index (κ2) is 14.0. The second-order valence-electron chi connectivity index (χ2n) is 9.59. The number of benzene rings is 2. The van der Waals surface area contributed by atoms with Gasteiger partial charge in [0.05, 0.1) is 30.2 Å². The minimum absolute atomic E-state index is 0.128. The van der Waals surface area contributed by atoms with Crippen LogP contribution in [0.15, 0.2) is 53.4 Å². The molecule has 1 heterocycles. The molecular formula is C30H35N3O4S3. The molecule has 2 aromatic carbocycles. The van der Waals surface area contributed by atoms with E-state index >= 15 is 0 Å². The number of hydrogen-bond donors (Lipinski definition) is 3. The van der Waals surface area contributed by atoms with Crippen molar-refractivity contribution in [2.75, 3.05) is 29.7 Å². The number of para-hydroxylation sites is 2. The molecule has 212 valence electrons. The first kappa shape index (κ1) is 29.9. The highest BCUT2D eigenvalue weighted by Crippen LogP contribution is 2.40. The van der Waals surface area contributed by atoms with E-state index in [4.69, 9.17) is 21.7 Å². The van der Waals surface area contributed by atoms with Gasteiger partial charge in [-0.15, -0.1) is 23.1 Å². The molecule has 0 saturated heterocycles. The molecule has 0 saturated carbocycles. The molecule has 4 rings (SSSR count). The first-order chi connectivity index (χ1) is 19.3. The summed E-state index contributed by atoms with van der Waals surface area (Å²) in [4.78, 5) is 28.4. The first-order valence-corrected chi connectivity index (χ1v) is 15.5. The van der Waals surface area contributed by atoms with E-state index in [9.17, 15) is 9.59 Å². The van der Waals surface area contributed by atoms with Crippen molar-refractivity contribution in [3.63, 3.8) is 0 Å². The molecule has 1 aliphatic rings. The Bertz CT molecular complexity index is 1370. The monoisotopic (exact) mass is 597 g/mol. The molecule has 0 radical (unpaired) electrons. The molecule has 0 fully saturated rings. The van der Waals surface area contributed by atoms with Gasteiger partial charge in [0, 0.05) is 15.5 Å². The number of nitrogens with one attached hydrogen (secondary N) is 3. The zero-order valence-corrected chi connectivity index (χ0v) is 25.6. The lowest BCUT2D eigenvalue weighted by atomic mass is 9.88. The number of rotatable bonds is 10. The van der Waals surface area contributed by atoms with Gasteiger partial charge in [-0.25, -0.2) is 4.79 Å². The SMILES string of the molecule is CCOC(=O)c1c(NC(=O)C(CC)Sc2cccc(NC(=S)Nc3ccccc3OC)c2)sc2c1CCC(C)C2. The summed E-state index contributed by atoms with van der Waals surface area (Å²) in [6.45, 7) is 6.30. The molecule has 0 aliphatic heterocycles. The van der Waals surface area contributed by atoms with E-state index in [1.54, 1.807) is 14.0 Å². The largest absolute Gasteiger partial charge is 0.495 e. The number of ether oxygens (including phenoxy) is 2. The lowest BCUT2D eigenvalue weighted by Crippen LogP contribution is -2.25. The maximum absolute atomic E-state index is 13.4. The molecular weight excluding hydrogens is 563 g/mol. The Labute approximate surface area is 249 Å². The molecule has 3 aromatic rings. The predicted octanol–water partition coefficient (Wildman–Crippen LogP) is 7.38. The van der Waals surface area contributed by atoms with Crippen LogP contribution in [-0.2, 0) is 22.4 Å². The third-order valence-corrected chi connectivity index (χ3v) is 9.35. The third kappa shape index (κ3) is 7.35. The number of anilines is 3. The van der Waals surface area contributed by atoms with E-state index in [1.165, 1.54) is 28.0 Å². The summed E-state index contributed by atoms with van der Waals surface area (Å²) in [5.74, 6) is 0.765. The Morgan fingerprint density at radius 2 is 1.93 bits per heavy atom. The predicted molar refractivity (Wildman–Crippen MR) is 169 cm³/mol. The van der Waals surface area contributed by atoms with Gasteiger partial charge in [-0.2, -0.15) is 0 Å². The molecule has 2 unspecified atom stereocenters. The zero-order chi connectivity index (χ0) is 28.6. The Morgan fingerprint density at radius 3 is 2.67 bits per heavy atom. The van der Waals surface area contributed by atoms with E-state index in [1.807, 2.05) is 55.5 Å². The van der Waals surface area contributed by atoms with Crippen molar-refractivity contribution in [3.05, 3.63) is 64.5 Å². The molecule has 3 N–H and O–H groups in total. The summed E-state index contributed by atoms with van der Waals surface area (Å²) < 4.78 is 10.7. The van der Waals surface area contributed by atoms with Crippen LogP contribution in [0.25, 0.3) is 0 Å². The normalized spacial score (nSPS) is 14.9. The van der Waals surface area contributed by atoms with Crippen molar-refractivity contribution in [2.45, 2.75) is 56.6 Å². The number of carbonyl (C=O) groups is 2. The molecule has 1 aromatic heterocycles. The first-order valence-electron chi connectivity index (χ1n) is 13.4. The van der Waals surface area contributed by atoms with Crippen molar-refractivity contribution in [1.82, 2.24) is 0 Å². The van der Waals surface area contributed by atoms with Gasteiger partial charge < -0.3 is 25.4 Å². The summed E-state index contributed by atoms with van der Waals surface area (Å²) in [7, 11) is 1.61. The van der Waals surface area contributed by atoms with Gasteiger partial charge in [-0.1, -0.05) is 32.0 Å². The van der Waals surface area contributed by atoms with Crippen LogP contribution < -0.4 is 20.7 Å². The number of hydrogen-bond acceptors (Lipinski definition) is 7. The summed E-state index contributed by atoms with van der Waals surface area (Å²) in [6.07, 6.45) is 3.40. The van der Waals surface area contributed by atoms with E-state index in [0.29, 0.717) is 40.4 Å². The zero-order valence-electron chi connectivity index (χ0n) is 23.2. The van der Waals surface area contributed by atoms with Crippen LogP contribution in [0.1, 0.15) is 54.4 Å². The second-order valence-corrected chi connectivity index (χ2v) is 12.4. The van der Waals surface area contributed by atoms with Gasteiger partial charge in [0.25, 0.3) is 0 Å². The minimum Gasteiger partial charge on any atom is -0.495 e. The Hall–Kier alpha value is -3.08. The molecule has 10 heteroatoms.